The normalized spacial score (nSPS) is 16.4. The van der Waals surface area contributed by atoms with Gasteiger partial charge in [0.05, 0.1) is 41.5 Å². The Labute approximate surface area is 182 Å². The maximum Gasteiger partial charge on any atom is 0.407 e. The first-order chi connectivity index (χ1) is 15.3. The van der Waals surface area contributed by atoms with Crippen molar-refractivity contribution >= 4 is 23.0 Å². The van der Waals surface area contributed by atoms with Crippen molar-refractivity contribution in [1.82, 2.24) is 20.2 Å². The molecule has 8 nitrogen and oxygen atoms in total. The Balaban J connectivity index is 1.82. The minimum Gasteiger partial charge on any atom is -0.465 e. The van der Waals surface area contributed by atoms with Gasteiger partial charge in [0, 0.05) is 37.3 Å². The molecule has 3 heterocycles. The monoisotopic (exact) mass is 444 g/mol. The van der Waals surface area contributed by atoms with E-state index in [-0.39, 0.29) is 42.9 Å². The number of amides is 2. The van der Waals surface area contributed by atoms with Crippen LogP contribution in [0.25, 0.3) is 22.3 Å². The van der Waals surface area contributed by atoms with E-state index in [1.54, 1.807) is 6.20 Å². The number of morpholine rings is 1. The van der Waals surface area contributed by atoms with Gasteiger partial charge in [-0.1, -0.05) is 0 Å². The minimum absolute atomic E-state index is 0.133. The molecule has 2 amide bonds. The fourth-order valence-electron chi connectivity index (χ4n) is 3.98. The largest absolute Gasteiger partial charge is 0.465 e. The average molecular weight is 444 g/mol. The third-order valence-corrected chi connectivity index (χ3v) is 5.49. The number of hydrogen-bond donors (Lipinski definition) is 3. The van der Waals surface area contributed by atoms with Gasteiger partial charge in [0.2, 0.25) is 0 Å². The van der Waals surface area contributed by atoms with E-state index in [1.165, 1.54) is 11.9 Å². The average Bonchev–Trinajstić information content (AvgIpc) is 3.09. The second kappa shape index (κ2) is 8.54. The molecule has 32 heavy (non-hydrogen) atoms. The summed E-state index contributed by atoms with van der Waals surface area (Å²) in [6, 6.07) is 3.78. The van der Waals surface area contributed by atoms with Gasteiger partial charge in [0.1, 0.15) is 11.6 Å². The van der Waals surface area contributed by atoms with Crippen molar-refractivity contribution in [2.45, 2.75) is 19.4 Å². The number of ether oxygens (including phenoxy) is 1. The molecule has 1 unspecified atom stereocenters. The van der Waals surface area contributed by atoms with Crippen molar-refractivity contribution in [2.24, 2.45) is 0 Å². The zero-order valence-corrected chi connectivity index (χ0v) is 17.5. The van der Waals surface area contributed by atoms with E-state index in [0.717, 1.165) is 17.7 Å². The molecule has 4 rings (SSSR count). The van der Waals surface area contributed by atoms with E-state index < -0.39 is 29.7 Å². The number of halogens is 2. The molecule has 2 aromatic heterocycles. The molecule has 0 bridgehead atoms. The van der Waals surface area contributed by atoms with E-state index in [1.807, 2.05) is 13.0 Å². The fourth-order valence-corrected chi connectivity index (χ4v) is 3.98. The van der Waals surface area contributed by atoms with Crippen molar-refractivity contribution < 1.29 is 28.2 Å². The summed E-state index contributed by atoms with van der Waals surface area (Å²) in [4.78, 5) is 31.9. The molecular weight excluding hydrogens is 422 g/mol. The molecule has 10 heteroatoms. The number of rotatable bonds is 4. The summed E-state index contributed by atoms with van der Waals surface area (Å²) in [5, 5.41) is 11.6. The van der Waals surface area contributed by atoms with Crippen LogP contribution in [0, 0.1) is 18.6 Å². The number of aromatic nitrogens is 2. The van der Waals surface area contributed by atoms with Crippen LogP contribution in [0.1, 0.15) is 21.5 Å². The lowest BCUT2D eigenvalue weighted by Crippen LogP contribution is -2.45. The highest BCUT2D eigenvalue weighted by atomic mass is 19.1. The summed E-state index contributed by atoms with van der Waals surface area (Å²) in [5.74, 6) is -2.40. The molecule has 0 spiro atoms. The minimum atomic E-state index is -1.05. The lowest BCUT2D eigenvalue weighted by atomic mass is 9.99. The topological polar surface area (TPSA) is 108 Å². The molecule has 1 aliphatic heterocycles. The smallest absolute Gasteiger partial charge is 0.407 e. The number of benzene rings is 1. The molecule has 1 aromatic carbocycles. The van der Waals surface area contributed by atoms with Gasteiger partial charge < -0.3 is 25.0 Å². The van der Waals surface area contributed by atoms with E-state index in [0.29, 0.717) is 16.6 Å². The molecule has 1 saturated heterocycles. The van der Waals surface area contributed by atoms with Crippen LogP contribution >= 0.6 is 0 Å². The van der Waals surface area contributed by atoms with Gasteiger partial charge in [-0.05, 0) is 30.7 Å². The predicted molar refractivity (Wildman–Crippen MR) is 113 cm³/mol. The number of fused-ring (bicyclic) bond motifs is 1. The van der Waals surface area contributed by atoms with Crippen LogP contribution < -0.4 is 5.32 Å². The number of nitrogens with one attached hydrogen (secondary N) is 2. The van der Waals surface area contributed by atoms with Crippen molar-refractivity contribution in [3.63, 3.8) is 0 Å². The van der Waals surface area contributed by atoms with Gasteiger partial charge in [0.15, 0.2) is 0 Å². The number of aryl methyl sites for hydroxylation is 1. The van der Waals surface area contributed by atoms with Crippen LogP contribution in [-0.2, 0) is 11.2 Å². The zero-order valence-electron chi connectivity index (χ0n) is 17.5. The van der Waals surface area contributed by atoms with Gasteiger partial charge >= 0.3 is 6.09 Å². The lowest BCUT2D eigenvalue weighted by molar-refractivity contribution is -0.0208. The molecule has 168 valence electrons. The Hall–Kier alpha value is -3.53. The number of pyridine rings is 1. The van der Waals surface area contributed by atoms with Crippen molar-refractivity contribution in [1.29, 1.82) is 0 Å². The first kappa shape index (κ1) is 21.7. The second-order valence-electron chi connectivity index (χ2n) is 7.71. The fraction of sp³-hybridized carbons (Fsp3) is 0.318. The molecule has 0 radical (unpaired) electrons. The van der Waals surface area contributed by atoms with Gasteiger partial charge in [0.25, 0.3) is 5.91 Å². The SMILES string of the molecule is CNC(=O)c1cc(F)c(-c2[nH]c3cc(C)cnc3c2CC2CN(C(=O)O)CCO2)c(F)c1. The summed E-state index contributed by atoms with van der Waals surface area (Å²) in [6.45, 7) is 2.47. The number of carboxylic acid groups (broad SMARTS) is 1. The highest BCUT2D eigenvalue weighted by Gasteiger charge is 2.28. The van der Waals surface area contributed by atoms with Crippen LogP contribution in [0.2, 0.25) is 0 Å². The van der Waals surface area contributed by atoms with Gasteiger partial charge in [-0.3, -0.25) is 9.78 Å². The maximum atomic E-state index is 15.0. The van der Waals surface area contributed by atoms with E-state index in [4.69, 9.17) is 4.74 Å². The van der Waals surface area contributed by atoms with Crippen LogP contribution in [0.15, 0.2) is 24.4 Å². The summed E-state index contributed by atoms with van der Waals surface area (Å²) >= 11 is 0. The molecule has 0 aliphatic carbocycles. The quantitative estimate of drug-likeness (QED) is 0.573. The third kappa shape index (κ3) is 4.01. The van der Waals surface area contributed by atoms with Crippen molar-refractivity contribution in [2.75, 3.05) is 26.7 Å². The summed E-state index contributed by atoms with van der Waals surface area (Å²) in [6.07, 6.45) is 0.298. The zero-order chi connectivity index (χ0) is 23.0. The summed E-state index contributed by atoms with van der Waals surface area (Å²) in [7, 11) is 1.38. The van der Waals surface area contributed by atoms with Gasteiger partial charge in [-0.15, -0.1) is 0 Å². The highest BCUT2D eigenvalue weighted by molar-refractivity contribution is 5.95. The Kier molecular flexibility index (Phi) is 5.79. The highest BCUT2D eigenvalue weighted by Crippen LogP contribution is 2.35. The predicted octanol–water partition coefficient (Wildman–Crippen LogP) is 3.10. The van der Waals surface area contributed by atoms with E-state index in [9.17, 15) is 14.7 Å². The number of aromatic amines is 1. The second-order valence-corrected chi connectivity index (χ2v) is 7.71. The number of H-pyrrole nitrogens is 1. The molecular formula is C22H22F2N4O4. The molecule has 3 aromatic rings. The van der Waals surface area contributed by atoms with Crippen molar-refractivity contribution in [3.8, 4) is 11.3 Å². The Morgan fingerprint density at radius 3 is 2.69 bits per heavy atom. The molecule has 1 atom stereocenters. The molecule has 1 aliphatic rings. The maximum absolute atomic E-state index is 15.0. The van der Waals surface area contributed by atoms with Crippen LogP contribution in [-0.4, -0.2) is 64.8 Å². The standard InChI is InChI=1S/C22H22F2N4O4/c1-11-5-17-19(26-9-11)14(8-13-10-28(22(30)31)3-4-32-13)20(27-17)18-15(23)6-12(7-16(18)24)21(29)25-2/h5-7,9,13,27H,3-4,8,10H2,1-2H3,(H,25,29)(H,30,31). The molecule has 1 fully saturated rings. The van der Waals surface area contributed by atoms with Crippen LogP contribution in [0.3, 0.4) is 0 Å². The third-order valence-electron chi connectivity index (χ3n) is 5.49. The summed E-state index contributed by atoms with van der Waals surface area (Å²) < 4.78 is 35.8. The summed E-state index contributed by atoms with van der Waals surface area (Å²) in [5.41, 5.74) is 2.24. The first-order valence-electron chi connectivity index (χ1n) is 10.1. The van der Waals surface area contributed by atoms with Crippen LogP contribution in [0.5, 0.6) is 0 Å². The van der Waals surface area contributed by atoms with E-state index in [2.05, 4.69) is 15.3 Å². The first-order valence-corrected chi connectivity index (χ1v) is 10.1. The van der Waals surface area contributed by atoms with Gasteiger partial charge in [-0.2, -0.15) is 0 Å². The Morgan fingerprint density at radius 2 is 2.03 bits per heavy atom. The number of hydrogen-bond acceptors (Lipinski definition) is 4. The number of carbonyl (C=O) groups is 2. The van der Waals surface area contributed by atoms with Crippen molar-refractivity contribution in [3.05, 3.63) is 52.7 Å². The van der Waals surface area contributed by atoms with E-state index >= 15 is 8.78 Å². The van der Waals surface area contributed by atoms with Crippen LogP contribution in [0.4, 0.5) is 13.6 Å². The Morgan fingerprint density at radius 1 is 1.31 bits per heavy atom. The number of nitrogens with zero attached hydrogens (tertiary/aromatic N) is 2. The molecule has 0 saturated carbocycles. The Bertz CT molecular complexity index is 1190. The van der Waals surface area contributed by atoms with Gasteiger partial charge in [-0.25, -0.2) is 13.6 Å². The molecule has 3 N–H and O–H groups in total. The lowest BCUT2D eigenvalue weighted by Gasteiger charge is -2.31. The number of carbonyl (C=O) groups excluding carboxylic acids is 1.